The Morgan fingerprint density at radius 2 is 2.40 bits per heavy atom. The number of benzene rings is 1. The lowest BCUT2D eigenvalue weighted by Gasteiger charge is -2.07. The monoisotopic (exact) mass is 225 g/mol. The summed E-state index contributed by atoms with van der Waals surface area (Å²) in [6.07, 6.45) is 0.829. The van der Waals surface area contributed by atoms with Crippen LogP contribution in [0.25, 0.3) is 0 Å². The number of rotatable bonds is 3. The first-order valence-corrected chi connectivity index (χ1v) is 5.23. The van der Waals surface area contributed by atoms with E-state index in [-0.39, 0.29) is 5.78 Å². The molecule has 1 heterocycles. The summed E-state index contributed by atoms with van der Waals surface area (Å²) in [6, 6.07) is 3.53. The van der Waals surface area contributed by atoms with E-state index >= 15 is 0 Å². The zero-order valence-corrected chi connectivity index (χ0v) is 9.23. The number of ether oxygens (including phenoxy) is 1. The molecule has 1 N–H and O–H groups in total. The molecule has 0 radical (unpaired) electrons. The average molecular weight is 226 g/mol. The zero-order chi connectivity index (χ0) is 10.8. The minimum absolute atomic E-state index is 0.0122. The van der Waals surface area contributed by atoms with Gasteiger partial charge >= 0.3 is 0 Å². The molecule has 2 rings (SSSR count). The van der Waals surface area contributed by atoms with Crippen LogP contribution in [-0.4, -0.2) is 26.0 Å². The highest BCUT2D eigenvalue weighted by Gasteiger charge is 2.21. The Morgan fingerprint density at radius 3 is 3.13 bits per heavy atom. The first-order valence-electron chi connectivity index (χ1n) is 4.85. The number of halogens is 1. The SMILES string of the molecule is CNCC(=O)c1cc(Cl)cc2c1OCC2. The molecule has 4 heteroatoms. The summed E-state index contributed by atoms with van der Waals surface area (Å²) in [6.45, 7) is 0.936. The second kappa shape index (κ2) is 4.21. The number of carbonyl (C=O) groups is 1. The normalized spacial score (nSPS) is 13.5. The van der Waals surface area contributed by atoms with Gasteiger partial charge in [0.05, 0.1) is 18.7 Å². The summed E-state index contributed by atoms with van der Waals surface area (Å²) in [5.41, 5.74) is 1.62. The second-order valence-corrected chi connectivity index (χ2v) is 3.93. The number of Topliss-reactive ketones (excluding diaryl/α,β-unsaturated/α-hetero) is 1. The Balaban J connectivity index is 2.42. The van der Waals surface area contributed by atoms with Gasteiger partial charge in [-0.2, -0.15) is 0 Å². The maximum atomic E-state index is 11.8. The van der Waals surface area contributed by atoms with E-state index < -0.39 is 0 Å². The average Bonchev–Trinajstić information content (AvgIpc) is 2.64. The fraction of sp³-hybridized carbons (Fsp3) is 0.364. The van der Waals surface area contributed by atoms with E-state index in [9.17, 15) is 4.79 Å². The van der Waals surface area contributed by atoms with Crippen molar-refractivity contribution in [2.24, 2.45) is 0 Å². The van der Waals surface area contributed by atoms with Crippen molar-refractivity contribution >= 4 is 17.4 Å². The predicted octanol–water partition coefficient (Wildman–Crippen LogP) is 1.68. The predicted molar refractivity (Wildman–Crippen MR) is 58.9 cm³/mol. The van der Waals surface area contributed by atoms with Gasteiger partial charge < -0.3 is 10.1 Å². The molecule has 0 bridgehead atoms. The van der Waals surface area contributed by atoms with E-state index in [2.05, 4.69) is 5.32 Å². The van der Waals surface area contributed by atoms with Crippen LogP contribution < -0.4 is 10.1 Å². The van der Waals surface area contributed by atoms with E-state index in [4.69, 9.17) is 16.3 Å². The topological polar surface area (TPSA) is 38.3 Å². The van der Waals surface area contributed by atoms with Crippen LogP contribution >= 0.6 is 11.6 Å². The van der Waals surface area contributed by atoms with Crippen molar-refractivity contribution in [1.82, 2.24) is 5.32 Å². The Labute approximate surface area is 93.4 Å². The van der Waals surface area contributed by atoms with E-state index in [1.807, 2.05) is 6.07 Å². The van der Waals surface area contributed by atoms with Gasteiger partial charge in [0.15, 0.2) is 5.78 Å². The molecule has 80 valence electrons. The minimum atomic E-state index is 0.0122. The smallest absolute Gasteiger partial charge is 0.180 e. The fourth-order valence-electron chi connectivity index (χ4n) is 1.73. The molecule has 0 aromatic heterocycles. The fourth-order valence-corrected chi connectivity index (χ4v) is 1.97. The quantitative estimate of drug-likeness (QED) is 0.796. The van der Waals surface area contributed by atoms with Crippen LogP contribution in [0.4, 0.5) is 0 Å². The van der Waals surface area contributed by atoms with Crippen LogP contribution in [-0.2, 0) is 6.42 Å². The number of likely N-dealkylation sites (N-methyl/N-ethyl adjacent to an activating group) is 1. The van der Waals surface area contributed by atoms with Gasteiger partial charge in [-0.15, -0.1) is 0 Å². The molecule has 1 aliphatic rings. The van der Waals surface area contributed by atoms with Crippen LogP contribution in [0.1, 0.15) is 15.9 Å². The molecule has 3 nitrogen and oxygen atoms in total. The Hall–Kier alpha value is -1.06. The molecule has 0 saturated heterocycles. The van der Waals surface area contributed by atoms with Crippen molar-refractivity contribution in [3.63, 3.8) is 0 Å². The molecule has 0 spiro atoms. The molecule has 0 unspecified atom stereocenters. The third-order valence-electron chi connectivity index (χ3n) is 2.39. The molecule has 0 fully saturated rings. The lowest BCUT2D eigenvalue weighted by atomic mass is 10.0. The van der Waals surface area contributed by atoms with Crippen molar-refractivity contribution in [3.8, 4) is 5.75 Å². The lowest BCUT2D eigenvalue weighted by Crippen LogP contribution is -2.19. The highest BCUT2D eigenvalue weighted by molar-refractivity contribution is 6.31. The largest absolute Gasteiger partial charge is 0.492 e. The highest BCUT2D eigenvalue weighted by Crippen LogP contribution is 2.32. The first-order chi connectivity index (χ1) is 7.22. The molecule has 1 aliphatic heterocycles. The Kier molecular flexibility index (Phi) is 2.93. The molecule has 15 heavy (non-hydrogen) atoms. The van der Waals surface area contributed by atoms with Gasteiger partial charge in [0, 0.05) is 11.4 Å². The molecular weight excluding hydrogens is 214 g/mol. The second-order valence-electron chi connectivity index (χ2n) is 3.49. The van der Waals surface area contributed by atoms with Gasteiger partial charge in [0.1, 0.15) is 5.75 Å². The summed E-state index contributed by atoms with van der Waals surface area (Å²) < 4.78 is 5.44. The molecule has 1 aromatic carbocycles. The van der Waals surface area contributed by atoms with Crippen LogP contribution in [0, 0.1) is 0 Å². The molecule has 0 saturated carbocycles. The van der Waals surface area contributed by atoms with Gasteiger partial charge in [-0.3, -0.25) is 4.79 Å². The van der Waals surface area contributed by atoms with Crippen LogP contribution in [0.2, 0.25) is 5.02 Å². The third-order valence-corrected chi connectivity index (χ3v) is 2.60. The van der Waals surface area contributed by atoms with Gasteiger partial charge in [-0.05, 0) is 24.7 Å². The van der Waals surface area contributed by atoms with E-state index in [1.165, 1.54) is 0 Å². The number of ketones is 1. The van der Waals surface area contributed by atoms with Gasteiger partial charge in [0.2, 0.25) is 0 Å². The molecule has 1 aromatic rings. The van der Waals surface area contributed by atoms with Gasteiger partial charge in [-0.25, -0.2) is 0 Å². The summed E-state index contributed by atoms with van der Waals surface area (Å²) in [5, 5.41) is 3.42. The Bertz CT molecular complexity index is 404. The molecular formula is C11H12ClNO2. The van der Waals surface area contributed by atoms with Crippen molar-refractivity contribution in [1.29, 1.82) is 0 Å². The van der Waals surface area contributed by atoms with E-state index in [0.717, 1.165) is 12.0 Å². The first kappa shape index (κ1) is 10.5. The minimum Gasteiger partial charge on any atom is -0.492 e. The van der Waals surface area contributed by atoms with Crippen LogP contribution in [0.5, 0.6) is 5.75 Å². The number of carbonyl (C=O) groups excluding carboxylic acids is 1. The van der Waals surface area contributed by atoms with Crippen LogP contribution in [0.15, 0.2) is 12.1 Å². The Morgan fingerprint density at radius 1 is 1.60 bits per heavy atom. The molecule has 0 amide bonds. The lowest BCUT2D eigenvalue weighted by molar-refractivity contribution is 0.0990. The number of nitrogens with one attached hydrogen (secondary N) is 1. The summed E-state index contributed by atoms with van der Waals surface area (Å²) in [4.78, 5) is 11.8. The van der Waals surface area contributed by atoms with E-state index in [1.54, 1.807) is 13.1 Å². The van der Waals surface area contributed by atoms with Crippen molar-refractivity contribution in [2.45, 2.75) is 6.42 Å². The van der Waals surface area contributed by atoms with E-state index in [0.29, 0.717) is 29.5 Å². The summed E-state index contributed by atoms with van der Waals surface area (Å²) in [7, 11) is 1.74. The number of fused-ring (bicyclic) bond motifs is 1. The highest BCUT2D eigenvalue weighted by atomic mass is 35.5. The maximum absolute atomic E-state index is 11.8. The van der Waals surface area contributed by atoms with Crippen LogP contribution in [0.3, 0.4) is 0 Å². The standard InChI is InChI=1S/C11H12ClNO2/c1-13-6-10(14)9-5-8(12)4-7-2-3-15-11(7)9/h4-5,13H,2-3,6H2,1H3. The van der Waals surface area contributed by atoms with Gasteiger partial charge in [0.25, 0.3) is 0 Å². The molecule has 0 aliphatic carbocycles. The third kappa shape index (κ3) is 1.98. The molecule has 0 atom stereocenters. The maximum Gasteiger partial charge on any atom is 0.180 e. The zero-order valence-electron chi connectivity index (χ0n) is 8.47. The summed E-state index contributed by atoms with van der Waals surface area (Å²) in [5.74, 6) is 0.720. The van der Waals surface area contributed by atoms with Gasteiger partial charge in [-0.1, -0.05) is 11.6 Å². The van der Waals surface area contributed by atoms with Crippen molar-refractivity contribution in [2.75, 3.05) is 20.2 Å². The van der Waals surface area contributed by atoms with Crippen molar-refractivity contribution < 1.29 is 9.53 Å². The number of hydrogen-bond donors (Lipinski definition) is 1. The number of hydrogen-bond acceptors (Lipinski definition) is 3. The summed E-state index contributed by atoms with van der Waals surface area (Å²) >= 11 is 5.94. The van der Waals surface area contributed by atoms with Crippen molar-refractivity contribution in [3.05, 3.63) is 28.3 Å².